The van der Waals surface area contributed by atoms with Crippen LogP contribution in [0.4, 0.5) is 5.69 Å². The van der Waals surface area contributed by atoms with E-state index in [2.05, 4.69) is 4.74 Å². The maximum atomic E-state index is 12.0. The molecule has 0 saturated carbocycles. The molecule has 0 heterocycles. The lowest BCUT2D eigenvalue weighted by Crippen LogP contribution is -2.16. The van der Waals surface area contributed by atoms with E-state index < -0.39 is 16.8 Å². The van der Waals surface area contributed by atoms with Gasteiger partial charge in [0.25, 0.3) is 5.69 Å². The quantitative estimate of drug-likeness (QED) is 0.252. The number of hydrogen-bond acceptors (Lipinski definition) is 8. The molecule has 1 unspecified atom stereocenters. The molecule has 0 bridgehead atoms. The fraction of sp³-hybridized carbons (Fsp3) is 0.353. The first-order chi connectivity index (χ1) is 12.2. The molecule has 9 heteroatoms. The minimum absolute atomic E-state index is 0.0278. The molecule has 8 nitrogen and oxygen atoms in total. The standard InChI is InChI=1S/C17H19N3O5S/c1-9(19)16(10(2)26)13-7-14(20(22)23)12(8-15(13)24-3)11(5-6-18)17(21)25-4/h7-8,11H,5,19H2,1-4H3/b16-9+. The van der Waals surface area contributed by atoms with Gasteiger partial charge >= 0.3 is 5.97 Å². The highest BCUT2D eigenvalue weighted by Crippen LogP contribution is 2.39. The van der Waals surface area contributed by atoms with Crippen LogP contribution < -0.4 is 10.5 Å². The second kappa shape index (κ2) is 8.92. The number of methoxy groups -OCH3 is 2. The Balaban J connectivity index is 3.84. The highest BCUT2D eigenvalue weighted by molar-refractivity contribution is 7.81. The summed E-state index contributed by atoms with van der Waals surface area (Å²) < 4.78 is 10.0. The lowest BCUT2D eigenvalue weighted by atomic mass is 9.90. The Morgan fingerprint density at radius 1 is 1.42 bits per heavy atom. The van der Waals surface area contributed by atoms with Crippen LogP contribution in [0.2, 0.25) is 0 Å². The van der Waals surface area contributed by atoms with Crippen LogP contribution >= 0.6 is 12.2 Å². The number of ether oxygens (including phenoxy) is 2. The van der Waals surface area contributed by atoms with Gasteiger partial charge in [-0.1, -0.05) is 12.2 Å². The van der Waals surface area contributed by atoms with Crippen LogP contribution in [0.15, 0.2) is 17.8 Å². The van der Waals surface area contributed by atoms with Gasteiger partial charge in [0.05, 0.1) is 31.6 Å². The second-order valence-corrected chi connectivity index (χ2v) is 6.03. The van der Waals surface area contributed by atoms with Crippen molar-refractivity contribution in [3.8, 4) is 11.8 Å². The summed E-state index contributed by atoms with van der Waals surface area (Å²) in [6.07, 6.45) is -0.277. The van der Waals surface area contributed by atoms with E-state index in [1.807, 2.05) is 6.07 Å². The molecule has 1 aromatic rings. The van der Waals surface area contributed by atoms with Crippen molar-refractivity contribution in [1.82, 2.24) is 0 Å². The molecule has 0 fully saturated rings. The van der Waals surface area contributed by atoms with Crippen LogP contribution in [0.25, 0.3) is 5.57 Å². The molecule has 26 heavy (non-hydrogen) atoms. The molecular formula is C17H19N3O5S. The lowest BCUT2D eigenvalue weighted by molar-refractivity contribution is -0.385. The zero-order valence-electron chi connectivity index (χ0n) is 14.9. The maximum absolute atomic E-state index is 12.0. The zero-order chi connectivity index (χ0) is 20.0. The summed E-state index contributed by atoms with van der Waals surface area (Å²) in [5.74, 6) is -1.61. The van der Waals surface area contributed by atoms with Crippen LogP contribution in [0.1, 0.15) is 37.3 Å². The number of hydrogen-bond donors (Lipinski definition) is 1. The van der Waals surface area contributed by atoms with Crippen LogP contribution in [-0.4, -0.2) is 30.0 Å². The molecule has 0 aliphatic carbocycles. The summed E-state index contributed by atoms with van der Waals surface area (Å²) in [6, 6.07) is 4.45. The molecule has 1 atom stereocenters. The average Bonchev–Trinajstić information content (AvgIpc) is 2.58. The van der Waals surface area contributed by atoms with Crippen LogP contribution in [-0.2, 0) is 9.53 Å². The molecule has 2 N–H and O–H groups in total. The van der Waals surface area contributed by atoms with Crippen molar-refractivity contribution in [2.45, 2.75) is 26.2 Å². The van der Waals surface area contributed by atoms with Crippen molar-refractivity contribution in [1.29, 1.82) is 5.26 Å². The fourth-order valence-corrected chi connectivity index (χ4v) is 2.89. The molecule has 138 valence electrons. The second-order valence-electron chi connectivity index (χ2n) is 5.42. The summed E-state index contributed by atoms with van der Waals surface area (Å²) in [5, 5.41) is 20.6. The van der Waals surface area contributed by atoms with Gasteiger partial charge in [-0.2, -0.15) is 5.26 Å². The van der Waals surface area contributed by atoms with Gasteiger partial charge in [0.2, 0.25) is 0 Å². The number of rotatable bonds is 7. The first kappa shape index (κ1) is 21.1. The highest BCUT2D eigenvalue weighted by atomic mass is 32.1. The predicted molar refractivity (Wildman–Crippen MR) is 99.7 cm³/mol. The van der Waals surface area contributed by atoms with Gasteiger partial charge in [-0.3, -0.25) is 14.9 Å². The number of nitrogens with zero attached hydrogens (tertiary/aromatic N) is 2. The van der Waals surface area contributed by atoms with E-state index in [4.69, 9.17) is 28.0 Å². The molecule has 0 aromatic heterocycles. The number of esters is 1. The van der Waals surface area contributed by atoms with Gasteiger partial charge in [0.1, 0.15) is 11.7 Å². The SMILES string of the molecule is COC(=O)C(CC#N)c1cc(OC)c(/C(C(C)=S)=C(\C)N)cc1[N+](=O)[O-]. The van der Waals surface area contributed by atoms with Crippen LogP contribution in [0, 0.1) is 21.4 Å². The third-order valence-corrected chi connectivity index (χ3v) is 3.92. The molecule has 0 spiro atoms. The molecule has 0 radical (unpaired) electrons. The number of thiocarbonyl (C=S) groups is 1. The molecule has 0 aliphatic rings. The van der Waals surface area contributed by atoms with E-state index in [0.29, 0.717) is 21.7 Å². The normalized spacial score (nSPS) is 12.4. The number of nitriles is 1. The Hall–Kier alpha value is -2.99. The molecule has 0 amide bonds. The number of nitro benzene ring substituents is 1. The van der Waals surface area contributed by atoms with Gasteiger partial charge in [-0.05, 0) is 19.9 Å². The Kier molecular flexibility index (Phi) is 7.22. The number of nitro groups is 1. The van der Waals surface area contributed by atoms with E-state index in [1.54, 1.807) is 13.8 Å². The lowest BCUT2D eigenvalue weighted by Gasteiger charge is -2.17. The largest absolute Gasteiger partial charge is 0.496 e. The number of carbonyl (C=O) groups excluding carboxylic acids is 1. The molecular weight excluding hydrogens is 358 g/mol. The Morgan fingerprint density at radius 3 is 2.42 bits per heavy atom. The van der Waals surface area contributed by atoms with E-state index in [1.165, 1.54) is 19.2 Å². The van der Waals surface area contributed by atoms with E-state index in [-0.39, 0.29) is 23.4 Å². The van der Waals surface area contributed by atoms with Gasteiger partial charge < -0.3 is 15.2 Å². The summed E-state index contributed by atoms with van der Waals surface area (Å²) in [6.45, 7) is 3.27. The summed E-state index contributed by atoms with van der Waals surface area (Å²) >= 11 is 5.20. The first-order valence-corrected chi connectivity index (χ1v) is 7.89. The summed E-state index contributed by atoms with van der Waals surface area (Å²) in [4.78, 5) is 23.4. The average molecular weight is 377 g/mol. The Labute approximate surface area is 156 Å². The Bertz CT molecular complexity index is 822. The summed E-state index contributed by atoms with van der Waals surface area (Å²) in [5.41, 5.74) is 6.73. The minimum atomic E-state index is -1.12. The topological polar surface area (TPSA) is 128 Å². The fourth-order valence-electron chi connectivity index (χ4n) is 2.62. The van der Waals surface area contributed by atoms with E-state index in [0.717, 1.165) is 7.11 Å². The van der Waals surface area contributed by atoms with Crippen molar-refractivity contribution in [2.24, 2.45) is 5.73 Å². The predicted octanol–water partition coefficient (Wildman–Crippen LogP) is 2.85. The number of nitrogens with two attached hydrogens (primary N) is 1. The molecule has 1 aromatic carbocycles. The number of carbonyl (C=O) groups is 1. The van der Waals surface area contributed by atoms with Crippen molar-refractivity contribution in [3.63, 3.8) is 0 Å². The highest BCUT2D eigenvalue weighted by Gasteiger charge is 2.31. The molecule has 1 rings (SSSR count). The molecule has 0 saturated heterocycles. The number of benzene rings is 1. The van der Waals surface area contributed by atoms with Crippen molar-refractivity contribution in [2.75, 3.05) is 14.2 Å². The van der Waals surface area contributed by atoms with Gasteiger partial charge in [-0.15, -0.1) is 0 Å². The monoisotopic (exact) mass is 377 g/mol. The van der Waals surface area contributed by atoms with Gasteiger partial charge in [0, 0.05) is 33.3 Å². The van der Waals surface area contributed by atoms with E-state index >= 15 is 0 Å². The smallest absolute Gasteiger partial charge is 0.314 e. The maximum Gasteiger partial charge on any atom is 0.314 e. The van der Waals surface area contributed by atoms with Crippen molar-refractivity contribution < 1.29 is 19.2 Å². The Morgan fingerprint density at radius 2 is 2.04 bits per heavy atom. The van der Waals surface area contributed by atoms with Crippen LogP contribution in [0.3, 0.4) is 0 Å². The zero-order valence-corrected chi connectivity index (χ0v) is 15.7. The van der Waals surface area contributed by atoms with Gasteiger partial charge in [0.15, 0.2) is 0 Å². The third-order valence-electron chi connectivity index (χ3n) is 3.72. The summed E-state index contributed by atoms with van der Waals surface area (Å²) in [7, 11) is 2.53. The minimum Gasteiger partial charge on any atom is -0.496 e. The van der Waals surface area contributed by atoms with Crippen LogP contribution in [0.5, 0.6) is 5.75 Å². The van der Waals surface area contributed by atoms with Crippen molar-refractivity contribution >= 4 is 34.3 Å². The molecule has 0 aliphatic heterocycles. The third kappa shape index (κ3) is 4.34. The van der Waals surface area contributed by atoms with E-state index in [9.17, 15) is 14.9 Å². The first-order valence-electron chi connectivity index (χ1n) is 7.48. The number of allylic oxidation sites excluding steroid dienone is 2. The van der Waals surface area contributed by atoms with Crippen molar-refractivity contribution in [3.05, 3.63) is 39.1 Å². The van der Waals surface area contributed by atoms with Gasteiger partial charge in [-0.25, -0.2) is 0 Å².